The fraction of sp³-hybridized carbons (Fsp3) is 0.462. The highest BCUT2D eigenvalue weighted by Crippen LogP contribution is 2.35. The Balaban J connectivity index is 1.66. The quantitative estimate of drug-likeness (QED) is 0.842. The van der Waals surface area contributed by atoms with E-state index in [4.69, 9.17) is 25.8 Å². The molecular weight excluding hydrogens is 354 g/mol. The predicted molar refractivity (Wildman–Crippen MR) is 78.7 cm³/mol. The van der Waals surface area contributed by atoms with E-state index in [0.717, 1.165) is 10.0 Å². The summed E-state index contributed by atoms with van der Waals surface area (Å²) in [6.07, 6.45) is -2.10. The molecule has 2 fully saturated rings. The highest BCUT2D eigenvalue weighted by atomic mass is 35.5. The third-order valence-electron chi connectivity index (χ3n) is 3.94. The maximum atomic E-state index is 13.6. The van der Waals surface area contributed by atoms with Crippen molar-refractivity contribution < 1.29 is 27.6 Å². The van der Waals surface area contributed by atoms with E-state index < -0.39 is 30.2 Å². The van der Waals surface area contributed by atoms with Gasteiger partial charge in [0.2, 0.25) is 5.88 Å². The highest BCUT2D eigenvalue weighted by Gasteiger charge is 2.48. The second-order valence-electron chi connectivity index (χ2n) is 5.33. The van der Waals surface area contributed by atoms with Gasteiger partial charge in [-0.3, -0.25) is 0 Å². The molecule has 0 bridgehead atoms. The van der Waals surface area contributed by atoms with E-state index in [2.05, 4.69) is 4.98 Å². The fourth-order valence-electron chi connectivity index (χ4n) is 2.89. The third kappa shape index (κ3) is 2.47. The summed E-state index contributed by atoms with van der Waals surface area (Å²) in [4.78, 5) is 3.86. The van der Waals surface area contributed by atoms with E-state index in [0.29, 0.717) is 5.52 Å². The van der Waals surface area contributed by atoms with Gasteiger partial charge >= 0.3 is 0 Å². The molecule has 0 radical (unpaired) electrons. The minimum atomic E-state index is -0.745. The molecular formula is C13H11ClF2N2O4S. The van der Waals surface area contributed by atoms with Crippen molar-refractivity contribution in [2.24, 2.45) is 0 Å². The lowest BCUT2D eigenvalue weighted by Crippen LogP contribution is -2.34. The number of ether oxygens (including phenoxy) is 3. The van der Waals surface area contributed by atoms with Crippen LogP contribution >= 0.6 is 23.9 Å². The second-order valence-corrected chi connectivity index (χ2v) is 6.19. The maximum absolute atomic E-state index is 13.6. The smallest absolute Gasteiger partial charge is 0.209 e. The van der Waals surface area contributed by atoms with Crippen molar-refractivity contribution in [3.8, 4) is 5.88 Å². The van der Waals surface area contributed by atoms with Crippen LogP contribution in [0.1, 0.15) is 0 Å². The van der Waals surface area contributed by atoms with Crippen molar-refractivity contribution in [2.45, 2.75) is 24.4 Å². The second kappa shape index (κ2) is 5.75. The molecule has 23 heavy (non-hydrogen) atoms. The third-order valence-corrected chi connectivity index (χ3v) is 4.72. The van der Waals surface area contributed by atoms with Crippen LogP contribution in [0, 0.1) is 5.82 Å². The van der Waals surface area contributed by atoms with Crippen molar-refractivity contribution >= 4 is 35.0 Å². The minimum Gasteiger partial charge on any atom is -0.469 e. The standard InChI is InChI=1S/C13H11ClF2N2O4S/c14-13-5(15)1-7-6(17-13)2-10(18(7)23-16)22-9-4-21-11-8(19)3-20-12(9)11/h1-2,8-9,11-12,19H,3-4H2/t8-,9-,11?,12-/m1/s1. The van der Waals surface area contributed by atoms with Crippen LogP contribution in [-0.4, -0.2) is 51.7 Å². The van der Waals surface area contributed by atoms with Crippen molar-refractivity contribution in [2.75, 3.05) is 13.2 Å². The highest BCUT2D eigenvalue weighted by molar-refractivity contribution is 7.93. The van der Waals surface area contributed by atoms with Gasteiger partial charge in [-0.2, -0.15) is 0 Å². The Morgan fingerprint density at radius 1 is 1.35 bits per heavy atom. The molecule has 0 amide bonds. The van der Waals surface area contributed by atoms with Crippen molar-refractivity contribution in [3.63, 3.8) is 0 Å². The first kappa shape index (κ1) is 15.4. The van der Waals surface area contributed by atoms with Crippen molar-refractivity contribution in [1.29, 1.82) is 0 Å². The molecule has 2 aromatic heterocycles. The normalized spacial score (nSPS) is 30.1. The van der Waals surface area contributed by atoms with Gasteiger partial charge in [0.25, 0.3) is 0 Å². The largest absolute Gasteiger partial charge is 0.469 e. The number of aromatic nitrogens is 2. The first-order valence-corrected chi connectivity index (χ1v) is 7.88. The van der Waals surface area contributed by atoms with Gasteiger partial charge in [0.15, 0.2) is 29.4 Å². The summed E-state index contributed by atoms with van der Waals surface area (Å²) in [5.41, 5.74) is 0.511. The van der Waals surface area contributed by atoms with Crippen molar-refractivity contribution in [3.05, 3.63) is 23.1 Å². The van der Waals surface area contributed by atoms with Crippen molar-refractivity contribution in [1.82, 2.24) is 8.96 Å². The molecule has 4 heterocycles. The molecule has 0 aliphatic carbocycles. The number of halogens is 3. The lowest BCUT2D eigenvalue weighted by atomic mass is 10.1. The van der Waals surface area contributed by atoms with Crippen LogP contribution < -0.4 is 4.74 Å². The van der Waals surface area contributed by atoms with E-state index in [1.54, 1.807) is 0 Å². The number of rotatable bonds is 3. The Morgan fingerprint density at radius 3 is 2.91 bits per heavy atom. The number of hydrogen-bond acceptors (Lipinski definition) is 6. The first-order chi connectivity index (χ1) is 11.1. The summed E-state index contributed by atoms with van der Waals surface area (Å²) in [6, 6.07) is 2.56. The van der Waals surface area contributed by atoms with Crippen LogP contribution in [-0.2, 0) is 9.47 Å². The zero-order valence-electron chi connectivity index (χ0n) is 11.5. The molecule has 0 aromatic carbocycles. The summed E-state index contributed by atoms with van der Waals surface area (Å²) in [5, 5.41) is 9.42. The molecule has 1 N–H and O–H groups in total. The van der Waals surface area contributed by atoms with Gasteiger partial charge in [-0.25, -0.2) is 13.3 Å². The summed E-state index contributed by atoms with van der Waals surface area (Å²) in [6.45, 7) is 0.367. The molecule has 4 rings (SSSR count). The lowest BCUT2D eigenvalue weighted by molar-refractivity contribution is 0.00776. The van der Waals surface area contributed by atoms with Gasteiger partial charge in [0.1, 0.15) is 18.3 Å². The lowest BCUT2D eigenvalue weighted by Gasteiger charge is -2.17. The minimum absolute atomic E-state index is 0.134. The van der Waals surface area contributed by atoms with Crippen LogP contribution in [0.2, 0.25) is 5.15 Å². The first-order valence-electron chi connectivity index (χ1n) is 6.83. The molecule has 1 unspecified atom stereocenters. The number of aliphatic hydroxyl groups excluding tert-OH is 1. The topological polar surface area (TPSA) is 65.7 Å². The monoisotopic (exact) mass is 364 g/mol. The summed E-state index contributed by atoms with van der Waals surface area (Å²) < 4.78 is 44.6. The van der Waals surface area contributed by atoms with E-state index in [1.807, 2.05) is 0 Å². The molecule has 0 saturated carbocycles. The number of nitrogens with zero attached hydrogens (tertiary/aromatic N) is 2. The average Bonchev–Trinajstić information content (AvgIpc) is 3.17. The molecule has 6 nitrogen and oxygen atoms in total. The molecule has 2 saturated heterocycles. The molecule has 2 aliphatic rings. The van der Waals surface area contributed by atoms with Gasteiger partial charge in [-0.05, 0) is 0 Å². The Kier molecular flexibility index (Phi) is 3.85. The van der Waals surface area contributed by atoms with Gasteiger partial charge < -0.3 is 19.3 Å². The number of fused-ring (bicyclic) bond motifs is 2. The molecule has 2 aromatic rings. The SMILES string of the molecule is O[C@@H]1CO[C@H]2C1OC[C@H]2Oc1cc2nc(Cl)c(F)cc2n1SF. The van der Waals surface area contributed by atoms with E-state index >= 15 is 0 Å². The zero-order valence-corrected chi connectivity index (χ0v) is 13.1. The van der Waals surface area contributed by atoms with E-state index in [-0.39, 0.29) is 42.1 Å². The Hall–Kier alpha value is -1.13. The van der Waals surface area contributed by atoms with Gasteiger partial charge in [-0.1, -0.05) is 11.6 Å². The Labute approximate surface area is 138 Å². The summed E-state index contributed by atoms with van der Waals surface area (Å²) in [7, 11) is 0. The van der Waals surface area contributed by atoms with Gasteiger partial charge in [0, 0.05) is 12.1 Å². The summed E-state index contributed by atoms with van der Waals surface area (Å²) >= 11 is 5.51. The number of pyridine rings is 1. The Bertz CT molecular complexity index is 761. The molecule has 0 spiro atoms. The molecule has 124 valence electrons. The zero-order chi connectivity index (χ0) is 16.1. The Morgan fingerprint density at radius 2 is 2.13 bits per heavy atom. The maximum Gasteiger partial charge on any atom is 0.209 e. The van der Waals surface area contributed by atoms with Crippen LogP contribution in [0.25, 0.3) is 11.0 Å². The molecule has 2 aliphatic heterocycles. The van der Waals surface area contributed by atoms with Gasteiger partial charge in [0.05, 0.1) is 24.2 Å². The fourth-order valence-corrected chi connectivity index (χ4v) is 3.42. The van der Waals surface area contributed by atoms with E-state index in [9.17, 15) is 13.4 Å². The van der Waals surface area contributed by atoms with Gasteiger partial charge in [-0.15, -0.1) is 3.89 Å². The van der Waals surface area contributed by atoms with E-state index in [1.165, 1.54) is 6.07 Å². The van der Waals surface area contributed by atoms with Crippen LogP contribution in [0.3, 0.4) is 0 Å². The molecule has 10 heteroatoms. The van der Waals surface area contributed by atoms with Crippen LogP contribution in [0.4, 0.5) is 8.28 Å². The van der Waals surface area contributed by atoms with Crippen LogP contribution in [0.15, 0.2) is 12.1 Å². The number of aliphatic hydroxyl groups is 1. The summed E-state index contributed by atoms with van der Waals surface area (Å²) in [5.74, 6) is -0.605. The van der Waals surface area contributed by atoms with Crippen LogP contribution in [0.5, 0.6) is 5.88 Å². The predicted octanol–water partition coefficient (Wildman–Crippen LogP) is 2.12. The number of hydrogen-bond donors (Lipinski definition) is 1. The molecule has 4 atom stereocenters. The average molecular weight is 365 g/mol.